The molecule has 118 valence electrons. The van der Waals surface area contributed by atoms with E-state index in [0.717, 1.165) is 0 Å². The maximum Gasteiger partial charge on any atom is 0.319 e. The van der Waals surface area contributed by atoms with Gasteiger partial charge in [-0.3, -0.25) is 4.79 Å². The minimum atomic E-state index is -0.769. The van der Waals surface area contributed by atoms with Crippen molar-refractivity contribution in [2.75, 3.05) is 20.3 Å². The molecule has 2 amide bonds. The number of ether oxygens (including phenoxy) is 2. The van der Waals surface area contributed by atoms with Crippen LogP contribution in [0.25, 0.3) is 0 Å². The Hall–Kier alpha value is -2.05. The molecule has 0 saturated carbocycles. The van der Waals surface area contributed by atoms with E-state index in [-0.39, 0.29) is 12.3 Å². The predicted molar refractivity (Wildman–Crippen MR) is 81.3 cm³/mol. The van der Waals surface area contributed by atoms with Crippen molar-refractivity contribution < 1.29 is 19.1 Å². The number of hydrogen-bond acceptors (Lipinski definition) is 4. The average molecular weight is 325 g/mol. The molecule has 0 aromatic heterocycles. The molecule has 1 saturated heterocycles. The van der Waals surface area contributed by atoms with Gasteiger partial charge >= 0.3 is 12.0 Å². The Labute approximate surface area is 133 Å². The normalized spacial score (nSPS) is 21.0. The van der Waals surface area contributed by atoms with Gasteiger partial charge in [0.05, 0.1) is 12.6 Å². The van der Waals surface area contributed by atoms with Gasteiger partial charge in [-0.15, -0.1) is 0 Å². The number of amides is 2. The van der Waals surface area contributed by atoms with Crippen molar-refractivity contribution in [3.05, 3.63) is 47.1 Å². The maximum absolute atomic E-state index is 12.3. The molecule has 2 N–H and O–H groups in total. The van der Waals surface area contributed by atoms with Gasteiger partial charge in [-0.25, -0.2) is 4.79 Å². The van der Waals surface area contributed by atoms with E-state index in [1.807, 2.05) is 0 Å². The third-order valence-electron chi connectivity index (χ3n) is 3.30. The van der Waals surface area contributed by atoms with Crippen molar-refractivity contribution in [1.29, 1.82) is 0 Å². The zero-order chi connectivity index (χ0) is 16.1. The Kier molecular flexibility index (Phi) is 5.41. The van der Waals surface area contributed by atoms with E-state index >= 15 is 0 Å². The van der Waals surface area contributed by atoms with E-state index in [9.17, 15) is 9.59 Å². The van der Waals surface area contributed by atoms with Crippen LogP contribution < -0.4 is 10.6 Å². The van der Waals surface area contributed by atoms with Gasteiger partial charge in [0.25, 0.3) is 0 Å². The minimum Gasteiger partial charge on any atom is -0.463 e. The molecule has 1 fully saturated rings. The number of urea groups is 1. The van der Waals surface area contributed by atoms with Crippen LogP contribution in [0.3, 0.4) is 0 Å². The van der Waals surface area contributed by atoms with Crippen LogP contribution in [0, 0.1) is 5.92 Å². The molecule has 7 heteroatoms. The van der Waals surface area contributed by atoms with E-state index in [2.05, 4.69) is 17.2 Å². The van der Waals surface area contributed by atoms with Gasteiger partial charge in [-0.2, -0.15) is 0 Å². The van der Waals surface area contributed by atoms with Crippen molar-refractivity contribution in [2.24, 2.45) is 5.92 Å². The highest BCUT2D eigenvalue weighted by Crippen LogP contribution is 2.33. The molecule has 0 bridgehead atoms. The molecule has 22 heavy (non-hydrogen) atoms. The number of esters is 1. The first-order valence-electron chi connectivity index (χ1n) is 6.71. The Morgan fingerprint density at radius 1 is 1.36 bits per heavy atom. The monoisotopic (exact) mass is 324 g/mol. The lowest BCUT2D eigenvalue weighted by Crippen LogP contribution is -2.51. The zero-order valence-corrected chi connectivity index (χ0v) is 12.9. The van der Waals surface area contributed by atoms with Crippen LogP contribution in [0.1, 0.15) is 11.6 Å². The van der Waals surface area contributed by atoms with Gasteiger partial charge in [0.15, 0.2) is 0 Å². The molecule has 0 radical (unpaired) electrons. The highest BCUT2D eigenvalue weighted by Gasteiger charge is 2.39. The molecular formula is C15H17ClN2O4. The summed E-state index contributed by atoms with van der Waals surface area (Å²) in [7, 11) is 1.52. The summed E-state index contributed by atoms with van der Waals surface area (Å²) >= 11 is 6.18. The first kappa shape index (κ1) is 16.3. The van der Waals surface area contributed by atoms with E-state index in [0.29, 0.717) is 17.2 Å². The van der Waals surface area contributed by atoms with E-state index in [1.54, 1.807) is 24.3 Å². The molecule has 2 rings (SSSR count). The van der Waals surface area contributed by atoms with Crippen LogP contribution in [0.15, 0.2) is 36.5 Å². The minimum absolute atomic E-state index is 0.127. The largest absolute Gasteiger partial charge is 0.463 e. The third kappa shape index (κ3) is 3.58. The van der Waals surface area contributed by atoms with Gasteiger partial charge in [-0.05, 0) is 11.6 Å². The molecule has 0 unspecified atom stereocenters. The van der Waals surface area contributed by atoms with Crippen LogP contribution in [0.2, 0.25) is 5.02 Å². The lowest BCUT2D eigenvalue weighted by Gasteiger charge is -2.33. The van der Waals surface area contributed by atoms with Crippen molar-refractivity contribution in [3.8, 4) is 0 Å². The first-order valence-corrected chi connectivity index (χ1v) is 7.08. The lowest BCUT2D eigenvalue weighted by molar-refractivity contribution is -0.149. The van der Waals surface area contributed by atoms with Crippen molar-refractivity contribution in [3.63, 3.8) is 0 Å². The van der Waals surface area contributed by atoms with Crippen LogP contribution in [-0.4, -0.2) is 32.3 Å². The smallest absolute Gasteiger partial charge is 0.319 e. The standard InChI is InChI=1S/C15H17ClN2O4/c1-9-12(14(19)22-8-7-21-2)13(18-15(20)17-9)10-5-3-4-6-11(10)16/h3-6,12-13H,1,7-8H2,2H3,(H2,17,18,20)/t12-,13+/m0/s1. The average Bonchev–Trinajstić information content (AvgIpc) is 2.47. The Morgan fingerprint density at radius 2 is 2.09 bits per heavy atom. The summed E-state index contributed by atoms with van der Waals surface area (Å²) < 4.78 is 10.0. The van der Waals surface area contributed by atoms with Crippen molar-refractivity contribution in [1.82, 2.24) is 10.6 Å². The molecule has 1 aliphatic heterocycles. The lowest BCUT2D eigenvalue weighted by atomic mass is 9.89. The molecule has 1 heterocycles. The zero-order valence-electron chi connectivity index (χ0n) is 12.1. The van der Waals surface area contributed by atoms with Crippen LogP contribution in [0.5, 0.6) is 0 Å². The maximum atomic E-state index is 12.3. The van der Waals surface area contributed by atoms with Crippen LogP contribution in [0.4, 0.5) is 4.79 Å². The molecular weight excluding hydrogens is 308 g/mol. The fourth-order valence-corrected chi connectivity index (χ4v) is 2.52. The van der Waals surface area contributed by atoms with Gasteiger partial charge in [0.1, 0.15) is 12.5 Å². The Bertz CT molecular complexity index is 591. The molecule has 0 aliphatic carbocycles. The summed E-state index contributed by atoms with van der Waals surface area (Å²) in [6.45, 7) is 4.17. The first-order chi connectivity index (χ1) is 10.5. The quantitative estimate of drug-likeness (QED) is 0.641. The molecule has 2 atom stereocenters. The van der Waals surface area contributed by atoms with Gasteiger partial charge < -0.3 is 20.1 Å². The number of rotatable bonds is 5. The van der Waals surface area contributed by atoms with Gasteiger partial charge in [-0.1, -0.05) is 36.4 Å². The summed E-state index contributed by atoms with van der Waals surface area (Å²) in [4.78, 5) is 24.0. The second-order valence-corrected chi connectivity index (χ2v) is 5.17. The number of halogens is 1. The number of nitrogens with one attached hydrogen (secondary N) is 2. The summed E-state index contributed by atoms with van der Waals surface area (Å²) in [6.07, 6.45) is 0. The molecule has 6 nitrogen and oxygen atoms in total. The van der Waals surface area contributed by atoms with E-state index in [4.69, 9.17) is 21.1 Å². The SMILES string of the molecule is C=C1NC(=O)N[C@H](c2ccccc2Cl)[C@H]1C(=O)OCCOC. The third-order valence-corrected chi connectivity index (χ3v) is 3.64. The molecule has 1 aromatic rings. The summed E-state index contributed by atoms with van der Waals surface area (Å²) in [6, 6.07) is 5.93. The number of carbonyl (C=O) groups is 2. The van der Waals surface area contributed by atoms with Gasteiger partial charge in [0.2, 0.25) is 0 Å². The molecule has 1 aliphatic rings. The summed E-state index contributed by atoms with van der Waals surface area (Å²) in [5.74, 6) is -1.27. The summed E-state index contributed by atoms with van der Waals surface area (Å²) in [5.41, 5.74) is 0.907. The Morgan fingerprint density at radius 3 is 2.77 bits per heavy atom. The molecule has 0 spiro atoms. The Balaban J connectivity index is 2.26. The second-order valence-electron chi connectivity index (χ2n) is 4.76. The van der Waals surface area contributed by atoms with Crippen LogP contribution in [-0.2, 0) is 14.3 Å². The highest BCUT2D eigenvalue weighted by atomic mass is 35.5. The van der Waals surface area contributed by atoms with Crippen molar-refractivity contribution in [2.45, 2.75) is 6.04 Å². The number of carbonyl (C=O) groups excluding carboxylic acids is 2. The highest BCUT2D eigenvalue weighted by molar-refractivity contribution is 6.31. The topological polar surface area (TPSA) is 76.7 Å². The predicted octanol–water partition coefficient (Wildman–Crippen LogP) is 2.01. The van der Waals surface area contributed by atoms with E-state index in [1.165, 1.54) is 7.11 Å². The summed E-state index contributed by atoms with van der Waals surface area (Å²) in [5, 5.41) is 5.65. The molecule has 1 aromatic carbocycles. The van der Waals surface area contributed by atoms with E-state index < -0.39 is 24.0 Å². The van der Waals surface area contributed by atoms with Gasteiger partial charge in [0, 0.05) is 17.8 Å². The second kappa shape index (κ2) is 7.29. The fourth-order valence-electron chi connectivity index (χ4n) is 2.26. The fraction of sp³-hybridized carbons (Fsp3) is 0.333. The van der Waals surface area contributed by atoms with Crippen molar-refractivity contribution >= 4 is 23.6 Å². The number of benzene rings is 1. The van der Waals surface area contributed by atoms with Crippen LogP contribution >= 0.6 is 11.6 Å². The number of methoxy groups -OCH3 is 1. The number of hydrogen-bond donors (Lipinski definition) is 2.